The van der Waals surface area contributed by atoms with Gasteiger partial charge in [0.25, 0.3) is 0 Å². The maximum Gasteiger partial charge on any atom is 0.228 e. The van der Waals surface area contributed by atoms with Crippen LogP contribution in [0.5, 0.6) is 0 Å². The first-order valence-corrected chi connectivity index (χ1v) is 11.3. The summed E-state index contributed by atoms with van der Waals surface area (Å²) in [6.07, 6.45) is -0.365. The normalized spacial score (nSPS) is 16.5. The van der Waals surface area contributed by atoms with Crippen LogP contribution in [0.1, 0.15) is 13.3 Å². The molecule has 2 N–H and O–H groups in total. The highest BCUT2D eigenvalue weighted by molar-refractivity contribution is 7.99. The van der Waals surface area contributed by atoms with Crippen molar-refractivity contribution >= 4 is 44.8 Å². The van der Waals surface area contributed by atoms with Gasteiger partial charge in [0.05, 0.1) is 16.3 Å². The van der Waals surface area contributed by atoms with Crippen molar-refractivity contribution < 1.29 is 26.8 Å². The molecule has 0 aromatic heterocycles. The second kappa shape index (κ2) is 8.50. The number of rotatable bonds is 5. The van der Waals surface area contributed by atoms with Gasteiger partial charge in [-0.05, 0) is 30.3 Å². The monoisotopic (exact) mass is 440 g/mol. The molecule has 0 unspecified atom stereocenters. The molecule has 1 aliphatic heterocycles. The third kappa shape index (κ3) is 5.13. The van der Waals surface area contributed by atoms with Crippen molar-refractivity contribution in [1.82, 2.24) is 0 Å². The van der Waals surface area contributed by atoms with Crippen LogP contribution < -0.4 is 10.6 Å². The standard InChI is InChI=1S/C19H18F2N2O4S2/c1-11-10-28-17-5-3-13(9-16(17)23-19(11)25)29(26,27)7-6-18(24)22-12-2-4-14(20)15(21)8-12/h2-5,8-9,11H,6-7,10H2,1H3,(H,22,24)(H,23,25)/t11-/m1/s1. The maximum atomic E-state index is 13.2. The zero-order chi connectivity index (χ0) is 21.2. The summed E-state index contributed by atoms with van der Waals surface area (Å²) in [4.78, 5) is 24.8. The van der Waals surface area contributed by atoms with E-state index in [0.717, 1.165) is 17.0 Å². The molecule has 10 heteroatoms. The Balaban J connectivity index is 1.68. The lowest BCUT2D eigenvalue weighted by Crippen LogP contribution is -2.20. The van der Waals surface area contributed by atoms with Gasteiger partial charge < -0.3 is 10.6 Å². The third-order valence-electron chi connectivity index (χ3n) is 4.31. The summed E-state index contributed by atoms with van der Waals surface area (Å²) < 4.78 is 51.3. The van der Waals surface area contributed by atoms with Crippen LogP contribution in [0, 0.1) is 17.6 Å². The molecule has 0 bridgehead atoms. The molecule has 0 saturated heterocycles. The molecule has 3 rings (SSSR count). The molecule has 154 valence electrons. The van der Waals surface area contributed by atoms with Gasteiger partial charge in [0, 0.05) is 34.7 Å². The zero-order valence-corrected chi connectivity index (χ0v) is 17.0. The van der Waals surface area contributed by atoms with E-state index in [9.17, 15) is 26.8 Å². The van der Waals surface area contributed by atoms with Crippen molar-refractivity contribution in [3.8, 4) is 0 Å². The highest BCUT2D eigenvalue weighted by Crippen LogP contribution is 2.34. The summed E-state index contributed by atoms with van der Waals surface area (Å²) in [5.74, 6) is -3.08. The summed E-state index contributed by atoms with van der Waals surface area (Å²) >= 11 is 1.46. The van der Waals surface area contributed by atoms with Crippen LogP contribution in [0.15, 0.2) is 46.2 Å². The second-order valence-corrected chi connectivity index (χ2v) is 9.78. The Morgan fingerprint density at radius 1 is 1.21 bits per heavy atom. The molecule has 0 radical (unpaired) electrons. The minimum absolute atomic E-state index is 0.00710. The minimum atomic E-state index is -3.79. The van der Waals surface area contributed by atoms with Gasteiger partial charge in [0.15, 0.2) is 21.5 Å². The number of amides is 2. The van der Waals surface area contributed by atoms with Crippen molar-refractivity contribution in [2.75, 3.05) is 22.1 Å². The Morgan fingerprint density at radius 2 is 1.97 bits per heavy atom. The Bertz CT molecular complexity index is 1070. The molecule has 29 heavy (non-hydrogen) atoms. The van der Waals surface area contributed by atoms with E-state index >= 15 is 0 Å². The van der Waals surface area contributed by atoms with Crippen LogP contribution in [0.25, 0.3) is 0 Å². The Hall–Kier alpha value is -2.46. The molecule has 0 saturated carbocycles. The lowest BCUT2D eigenvalue weighted by atomic mass is 10.2. The lowest BCUT2D eigenvalue weighted by Gasteiger charge is -2.10. The number of sulfone groups is 1. The molecule has 2 aromatic carbocycles. The average molecular weight is 440 g/mol. The largest absolute Gasteiger partial charge is 0.326 e. The molecule has 0 spiro atoms. The first-order valence-electron chi connectivity index (χ1n) is 8.71. The zero-order valence-electron chi connectivity index (χ0n) is 15.4. The number of hydrogen-bond acceptors (Lipinski definition) is 5. The molecule has 2 aromatic rings. The molecular formula is C19H18F2N2O4S2. The first-order chi connectivity index (χ1) is 13.7. The fraction of sp³-hybridized carbons (Fsp3) is 0.263. The van der Waals surface area contributed by atoms with Crippen LogP contribution in [-0.4, -0.2) is 31.7 Å². The van der Waals surface area contributed by atoms with E-state index in [-0.39, 0.29) is 28.8 Å². The van der Waals surface area contributed by atoms with E-state index in [4.69, 9.17) is 0 Å². The Labute approximate surface area is 171 Å². The van der Waals surface area contributed by atoms with Crippen LogP contribution in [0.3, 0.4) is 0 Å². The molecule has 6 nitrogen and oxygen atoms in total. The van der Waals surface area contributed by atoms with Gasteiger partial charge in [0.2, 0.25) is 11.8 Å². The molecule has 1 aliphatic rings. The smallest absolute Gasteiger partial charge is 0.228 e. The lowest BCUT2D eigenvalue weighted by molar-refractivity contribution is -0.118. The van der Waals surface area contributed by atoms with Crippen LogP contribution in [0.4, 0.5) is 20.2 Å². The summed E-state index contributed by atoms with van der Waals surface area (Å²) in [6.45, 7) is 1.79. The van der Waals surface area contributed by atoms with E-state index in [1.165, 1.54) is 30.0 Å². The van der Waals surface area contributed by atoms with E-state index in [2.05, 4.69) is 10.6 Å². The van der Waals surface area contributed by atoms with Crippen molar-refractivity contribution in [1.29, 1.82) is 0 Å². The van der Waals surface area contributed by atoms with Crippen molar-refractivity contribution in [3.63, 3.8) is 0 Å². The van der Waals surface area contributed by atoms with E-state index in [0.29, 0.717) is 11.4 Å². The number of carbonyl (C=O) groups excluding carboxylic acids is 2. The maximum absolute atomic E-state index is 13.2. The molecule has 1 atom stereocenters. The number of halogens is 2. The highest BCUT2D eigenvalue weighted by Gasteiger charge is 2.23. The van der Waals surface area contributed by atoms with Gasteiger partial charge >= 0.3 is 0 Å². The summed E-state index contributed by atoms with van der Waals surface area (Å²) in [5.41, 5.74) is 0.460. The predicted octanol–water partition coefficient (Wildman–Crippen LogP) is 3.45. The Kier molecular flexibility index (Phi) is 6.23. The summed E-state index contributed by atoms with van der Waals surface area (Å²) in [7, 11) is -3.79. The van der Waals surface area contributed by atoms with Crippen LogP contribution in [0.2, 0.25) is 0 Å². The van der Waals surface area contributed by atoms with Gasteiger partial charge in [-0.1, -0.05) is 6.92 Å². The van der Waals surface area contributed by atoms with Gasteiger partial charge in [-0.2, -0.15) is 0 Å². The van der Waals surface area contributed by atoms with Gasteiger partial charge in [-0.25, -0.2) is 17.2 Å². The average Bonchev–Trinajstić information content (AvgIpc) is 2.81. The predicted molar refractivity (Wildman–Crippen MR) is 107 cm³/mol. The fourth-order valence-electron chi connectivity index (χ4n) is 2.61. The number of hydrogen-bond donors (Lipinski definition) is 2. The minimum Gasteiger partial charge on any atom is -0.326 e. The van der Waals surface area contributed by atoms with Crippen LogP contribution >= 0.6 is 11.8 Å². The summed E-state index contributed by atoms with van der Waals surface area (Å²) in [6, 6.07) is 7.32. The molecular weight excluding hydrogens is 422 g/mol. The van der Waals surface area contributed by atoms with Gasteiger partial charge in [-0.3, -0.25) is 9.59 Å². The van der Waals surface area contributed by atoms with Crippen molar-refractivity contribution in [3.05, 3.63) is 48.0 Å². The van der Waals surface area contributed by atoms with Crippen molar-refractivity contribution in [2.45, 2.75) is 23.1 Å². The Morgan fingerprint density at radius 3 is 2.69 bits per heavy atom. The summed E-state index contributed by atoms with van der Waals surface area (Å²) in [5, 5.41) is 5.05. The first kappa shape index (κ1) is 21.3. The highest BCUT2D eigenvalue weighted by atomic mass is 32.2. The van der Waals surface area contributed by atoms with Crippen molar-refractivity contribution in [2.24, 2.45) is 5.92 Å². The van der Waals surface area contributed by atoms with E-state index in [1.807, 2.05) is 0 Å². The third-order valence-corrected chi connectivity index (χ3v) is 7.35. The molecule has 1 heterocycles. The quantitative estimate of drug-likeness (QED) is 0.743. The fourth-order valence-corrected chi connectivity index (χ4v) is 4.89. The SMILES string of the molecule is C[C@@H]1CSc2ccc(S(=O)(=O)CCC(=O)Nc3ccc(F)c(F)c3)cc2NC1=O. The molecule has 2 amide bonds. The van der Waals surface area contributed by atoms with E-state index in [1.54, 1.807) is 13.0 Å². The van der Waals surface area contributed by atoms with Crippen LogP contribution in [-0.2, 0) is 19.4 Å². The number of anilines is 2. The van der Waals surface area contributed by atoms with Gasteiger partial charge in [0.1, 0.15) is 0 Å². The van der Waals surface area contributed by atoms with Gasteiger partial charge in [-0.15, -0.1) is 11.8 Å². The number of thioether (sulfide) groups is 1. The number of nitrogens with one attached hydrogen (secondary N) is 2. The number of fused-ring (bicyclic) bond motifs is 1. The number of benzene rings is 2. The molecule has 0 aliphatic carbocycles. The van der Waals surface area contributed by atoms with E-state index < -0.39 is 33.1 Å². The topological polar surface area (TPSA) is 92.3 Å². The second-order valence-electron chi connectivity index (χ2n) is 6.61. The molecule has 0 fully saturated rings. The number of carbonyl (C=O) groups is 2.